The Morgan fingerprint density at radius 2 is 1.69 bits per heavy atom. The summed E-state index contributed by atoms with van der Waals surface area (Å²) >= 11 is 0. The van der Waals surface area contributed by atoms with Crippen molar-refractivity contribution in [2.45, 2.75) is 6.54 Å². The highest BCUT2D eigenvalue weighted by Crippen LogP contribution is 2.20. The van der Waals surface area contributed by atoms with Crippen molar-refractivity contribution in [1.29, 1.82) is 0 Å². The average molecular weight is 358 g/mol. The van der Waals surface area contributed by atoms with Crippen molar-refractivity contribution in [3.8, 4) is 11.5 Å². The molecule has 0 N–H and O–H groups in total. The zero-order valence-corrected chi connectivity index (χ0v) is 15.1. The third kappa shape index (κ3) is 4.14. The lowest BCUT2D eigenvalue weighted by atomic mass is 10.1. The summed E-state index contributed by atoms with van der Waals surface area (Å²) < 4.78 is 23.9. The Morgan fingerprint density at radius 3 is 2.27 bits per heavy atom. The third-order valence-electron chi connectivity index (χ3n) is 4.62. The van der Waals surface area contributed by atoms with E-state index >= 15 is 0 Å². The Labute approximate surface area is 152 Å². The van der Waals surface area contributed by atoms with E-state index in [1.165, 1.54) is 13.2 Å². The van der Waals surface area contributed by atoms with Gasteiger partial charge in [-0.15, -0.1) is 0 Å². The molecule has 138 valence electrons. The lowest BCUT2D eigenvalue weighted by Crippen LogP contribution is -2.48. The summed E-state index contributed by atoms with van der Waals surface area (Å²) in [5.41, 5.74) is 1.56. The molecule has 0 bridgehead atoms. The largest absolute Gasteiger partial charge is 0.497 e. The molecule has 1 aliphatic heterocycles. The third-order valence-corrected chi connectivity index (χ3v) is 4.62. The van der Waals surface area contributed by atoms with Crippen LogP contribution in [-0.4, -0.2) is 56.1 Å². The first kappa shape index (κ1) is 18.2. The van der Waals surface area contributed by atoms with Crippen LogP contribution in [-0.2, 0) is 6.54 Å². The Morgan fingerprint density at radius 1 is 1.00 bits per heavy atom. The quantitative estimate of drug-likeness (QED) is 0.824. The molecule has 1 saturated heterocycles. The van der Waals surface area contributed by atoms with E-state index in [-0.39, 0.29) is 17.5 Å². The number of carbonyl (C=O) groups is 1. The van der Waals surface area contributed by atoms with E-state index in [4.69, 9.17) is 9.47 Å². The number of amides is 1. The molecule has 26 heavy (non-hydrogen) atoms. The van der Waals surface area contributed by atoms with Gasteiger partial charge in [-0.2, -0.15) is 0 Å². The minimum Gasteiger partial charge on any atom is -0.497 e. The van der Waals surface area contributed by atoms with Gasteiger partial charge in [-0.25, -0.2) is 4.39 Å². The van der Waals surface area contributed by atoms with E-state index in [2.05, 4.69) is 4.90 Å². The Balaban J connectivity index is 1.55. The Kier molecular flexibility index (Phi) is 5.73. The minimum atomic E-state index is -0.349. The standard InChI is InChI=1S/C20H23FN2O3/c1-25-17-6-4-16(5-7-17)20(24)23-11-9-22(10-12-23)14-15-3-8-19(26-2)18(21)13-15/h3-8,13H,9-12,14H2,1-2H3. The molecule has 1 amide bonds. The molecule has 0 aliphatic carbocycles. The van der Waals surface area contributed by atoms with Crippen LogP contribution in [0.25, 0.3) is 0 Å². The molecule has 0 aromatic heterocycles. The van der Waals surface area contributed by atoms with Gasteiger partial charge in [0.2, 0.25) is 0 Å². The highest BCUT2D eigenvalue weighted by atomic mass is 19.1. The van der Waals surface area contributed by atoms with Crippen molar-refractivity contribution in [3.63, 3.8) is 0 Å². The first-order chi connectivity index (χ1) is 12.6. The van der Waals surface area contributed by atoms with Crippen molar-refractivity contribution in [2.24, 2.45) is 0 Å². The van der Waals surface area contributed by atoms with Crippen molar-refractivity contribution >= 4 is 5.91 Å². The van der Waals surface area contributed by atoms with Gasteiger partial charge in [-0.1, -0.05) is 6.07 Å². The van der Waals surface area contributed by atoms with Gasteiger partial charge in [-0.3, -0.25) is 9.69 Å². The van der Waals surface area contributed by atoms with Crippen molar-refractivity contribution in [1.82, 2.24) is 9.80 Å². The molecular formula is C20H23FN2O3. The number of ether oxygens (including phenoxy) is 2. The molecular weight excluding hydrogens is 335 g/mol. The summed E-state index contributed by atoms with van der Waals surface area (Å²) in [5, 5.41) is 0. The molecule has 0 saturated carbocycles. The normalized spacial score (nSPS) is 15.0. The van der Waals surface area contributed by atoms with E-state index in [0.717, 1.165) is 24.4 Å². The molecule has 5 nitrogen and oxygen atoms in total. The van der Waals surface area contributed by atoms with Gasteiger partial charge >= 0.3 is 0 Å². The zero-order chi connectivity index (χ0) is 18.5. The predicted molar refractivity (Wildman–Crippen MR) is 97.1 cm³/mol. The van der Waals surface area contributed by atoms with Crippen LogP contribution in [0.2, 0.25) is 0 Å². The summed E-state index contributed by atoms with van der Waals surface area (Å²) in [6.07, 6.45) is 0. The molecule has 6 heteroatoms. The van der Waals surface area contributed by atoms with Crippen molar-refractivity contribution < 1.29 is 18.7 Å². The lowest BCUT2D eigenvalue weighted by molar-refractivity contribution is 0.0628. The summed E-state index contributed by atoms with van der Waals surface area (Å²) in [7, 11) is 3.06. The van der Waals surface area contributed by atoms with Gasteiger partial charge in [0.05, 0.1) is 14.2 Å². The van der Waals surface area contributed by atoms with Gasteiger partial charge in [0, 0.05) is 38.3 Å². The predicted octanol–water partition coefficient (Wildman–Crippen LogP) is 2.80. The van der Waals surface area contributed by atoms with E-state index in [1.807, 2.05) is 11.0 Å². The van der Waals surface area contributed by atoms with Crippen LogP contribution in [0, 0.1) is 5.82 Å². The van der Waals surface area contributed by atoms with Gasteiger partial charge < -0.3 is 14.4 Å². The first-order valence-electron chi connectivity index (χ1n) is 8.59. The lowest BCUT2D eigenvalue weighted by Gasteiger charge is -2.34. The number of piperazine rings is 1. The van der Waals surface area contributed by atoms with Gasteiger partial charge in [0.25, 0.3) is 5.91 Å². The zero-order valence-electron chi connectivity index (χ0n) is 15.1. The second-order valence-corrected chi connectivity index (χ2v) is 6.27. The van der Waals surface area contributed by atoms with E-state index in [9.17, 15) is 9.18 Å². The van der Waals surface area contributed by atoms with Crippen LogP contribution in [0.3, 0.4) is 0 Å². The fourth-order valence-electron chi connectivity index (χ4n) is 3.09. The molecule has 2 aromatic rings. The first-order valence-corrected chi connectivity index (χ1v) is 8.59. The van der Waals surface area contributed by atoms with Crippen LogP contribution in [0.15, 0.2) is 42.5 Å². The van der Waals surface area contributed by atoms with Crippen molar-refractivity contribution in [2.75, 3.05) is 40.4 Å². The SMILES string of the molecule is COc1ccc(C(=O)N2CCN(Cc3ccc(OC)c(F)c3)CC2)cc1. The maximum atomic E-state index is 13.8. The molecule has 2 aromatic carbocycles. The minimum absolute atomic E-state index is 0.0304. The molecule has 0 radical (unpaired) electrons. The molecule has 3 rings (SSSR count). The molecule has 1 fully saturated rings. The second kappa shape index (κ2) is 8.19. The monoisotopic (exact) mass is 358 g/mol. The second-order valence-electron chi connectivity index (χ2n) is 6.27. The number of carbonyl (C=O) groups excluding carboxylic acids is 1. The molecule has 1 aliphatic rings. The topological polar surface area (TPSA) is 42.0 Å². The number of hydrogen-bond donors (Lipinski definition) is 0. The van der Waals surface area contributed by atoms with Gasteiger partial charge in [-0.05, 0) is 42.0 Å². The Hall–Kier alpha value is -2.60. The summed E-state index contributed by atoms with van der Waals surface area (Å²) in [4.78, 5) is 16.7. The van der Waals surface area contributed by atoms with E-state index in [0.29, 0.717) is 25.2 Å². The molecule has 0 unspecified atom stereocenters. The fraction of sp³-hybridized carbons (Fsp3) is 0.350. The Bertz CT molecular complexity index is 756. The summed E-state index contributed by atoms with van der Waals surface area (Å²) in [6.45, 7) is 3.49. The summed E-state index contributed by atoms with van der Waals surface area (Å²) in [6, 6.07) is 12.2. The maximum Gasteiger partial charge on any atom is 0.253 e. The highest BCUT2D eigenvalue weighted by molar-refractivity contribution is 5.94. The number of hydrogen-bond acceptors (Lipinski definition) is 4. The van der Waals surface area contributed by atoms with Crippen LogP contribution >= 0.6 is 0 Å². The van der Waals surface area contributed by atoms with Crippen molar-refractivity contribution in [3.05, 3.63) is 59.4 Å². The summed E-state index contributed by atoms with van der Waals surface area (Å²) in [5.74, 6) is 0.669. The highest BCUT2D eigenvalue weighted by Gasteiger charge is 2.22. The van der Waals surface area contributed by atoms with E-state index < -0.39 is 0 Å². The molecule has 1 heterocycles. The van der Waals surface area contributed by atoms with Gasteiger partial charge in [0.15, 0.2) is 11.6 Å². The van der Waals surface area contributed by atoms with E-state index in [1.54, 1.807) is 37.4 Å². The fourth-order valence-corrected chi connectivity index (χ4v) is 3.09. The number of halogens is 1. The number of benzene rings is 2. The molecule has 0 spiro atoms. The van der Waals surface area contributed by atoms with Crippen LogP contribution < -0.4 is 9.47 Å². The smallest absolute Gasteiger partial charge is 0.253 e. The van der Waals surface area contributed by atoms with Crippen LogP contribution in [0.4, 0.5) is 4.39 Å². The maximum absolute atomic E-state index is 13.8. The number of methoxy groups -OCH3 is 2. The number of rotatable bonds is 5. The van der Waals surface area contributed by atoms with Crippen LogP contribution in [0.1, 0.15) is 15.9 Å². The number of nitrogens with zero attached hydrogens (tertiary/aromatic N) is 2. The molecule has 0 atom stereocenters. The van der Waals surface area contributed by atoms with Gasteiger partial charge in [0.1, 0.15) is 5.75 Å². The average Bonchev–Trinajstić information content (AvgIpc) is 2.68. The van der Waals surface area contributed by atoms with Crippen LogP contribution in [0.5, 0.6) is 11.5 Å².